The van der Waals surface area contributed by atoms with Crippen molar-refractivity contribution in [2.45, 2.75) is 25.9 Å². The molecule has 6 nitrogen and oxygen atoms in total. The lowest BCUT2D eigenvalue weighted by Gasteiger charge is -2.32. The molecule has 3 heterocycles. The van der Waals surface area contributed by atoms with Gasteiger partial charge in [0.1, 0.15) is 6.10 Å². The van der Waals surface area contributed by atoms with Gasteiger partial charge in [-0.05, 0) is 47.8 Å². The minimum absolute atomic E-state index is 0.000578. The zero-order valence-corrected chi connectivity index (χ0v) is 14.4. The minimum atomic E-state index is -0.0918. The van der Waals surface area contributed by atoms with Crippen LogP contribution in [0.25, 0.3) is 0 Å². The Morgan fingerprint density at radius 2 is 2.13 bits per heavy atom. The van der Waals surface area contributed by atoms with Crippen LogP contribution in [0, 0.1) is 6.92 Å². The van der Waals surface area contributed by atoms with E-state index in [2.05, 4.69) is 30.9 Å². The van der Waals surface area contributed by atoms with Crippen LogP contribution >= 0.6 is 15.9 Å². The van der Waals surface area contributed by atoms with Gasteiger partial charge in [0.25, 0.3) is 5.91 Å². The molecule has 2 aromatic rings. The number of rotatable bonds is 3. The SMILES string of the molecule is Cc1ncccc1C(=O)N1CCCC(Oc2ncc(Br)cn2)C1. The number of ether oxygens (including phenoxy) is 1. The fraction of sp³-hybridized carbons (Fsp3) is 0.375. The number of pyridine rings is 1. The summed E-state index contributed by atoms with van der Waals surface area (Å²) < 4.78 is 6.61. The van der Waals surface area contributed by atoms with Crippen molar-refractivity contribution in [3.63, 3.8) is 0 Å². The highest BCUT2D eigenvalue weighted by Crippen LogP contribution is 2.19. The summed E-state index contributed by atoms with van der Waals surface area (Å²) in [5.74, 6) is 0.000578. The van der Waals surface area contributed by atoms with Crippen LogP contribution in [0.3, 0.4) is 0 Å². The number of hydrogen-bond acceptors (Lipinski definition) is 5. The fourth-order valence-electron chi connectivity index (χ4n) is 2.61. The first-order valence-electron chi connectivity index (χ1n) is 7.48. The number of halogens is 1. The van der Waals surface area contributed by atoms with E-state index < -0.39 is 0 Å². The molecule has 1 amide bonds. The second-order valence-corrected chi connectivity index (χ2v) is 6.37. The van der Waals surface area contributed by atoms with Gasteiger partial charge >= 0.3 is 6.01 Å². The Morgan fingerprint density at radius 1 is 1.35 bits per heavy atom. The summed E-state index contributed by atoms with van der Waals surface area (Å²) in [6, 6.07) is 3.94. The first kappa shape index (κ1) is 15.9. The van der Waals surface area contributed by atoms with Crippen LogP contribution in [0.2, 0.25) is 0 Å². The Balaban J connectivity index is 1.67. The van der Waals surface area contributed by atoms with Gasteiger partial charge in [0, 0.05) is 30.8 Å². The van der Waals surface area contributed by atoms with E-state index in [0.29, 0.717) is 18.1 Å². The molecule has 0 saturated carbocycles. The normalized spacial score (nSPS) is 17.8. The number of piperidine rings is 1. The molecule has 1 aliphatic rings. The van der Waals surface area contributed by atoms with Crippen LogP contribution in [0.1, 0.15) is 28.9 Å². The Morgan fingerprint density at radius 3 is 2.87 bits per heavy atom. The number of aryl methyl sites for hydroxylation is 1. The Hall–Kier alpha value is -2.02. The molecule has 2 aromatic heterocycles. The van der Waals surface area contributed by atoms with E-state index in [4.69, 9.17) is 4.74 Å². The molecule has 1 saturated heterocycles. The predicted octanol–water partition coefficient (Wildman–Crippen LogP) is 2.63. The van der Waals surface area contributed by atoms with E-state index in [0.717, 1.165) is 29.6 Å². The van der Waals surface area contributed by atoms with Crippen LogP contribution in [0.5, 0.6) is 6.01 Å². The Bertz CT molecular complexity index is 693. The third-order valence-electron chi connectivity index (χ3n) is 3.77. The maximum absolute atomic E-state index is 12.7. The predicted molar refractivity (Wildman–Crippen MR) is 88.3 cm³/mol. The standard InChI is InChI=1S/C16H17BrN4O2/c1-11-14(5-2-6-18-11)15(22)21-7-3-4-13(10-21)23-16-19-8-12(17)9-20-16/h2,5-6,8-9,13H,3-4,7,10H2,1H3. The molecule has 7 heteroatoms. The highest BCUT2D eigenvalue weighted by molar-refractivity contribution is 9.10. The van der Waals surface area contributed by atoms with Crippen molar-refractivity contribution in [1.29, 1.82) is 0 Å². The highest BCUT2D eigenvalue weighted by atomic mass is 79.9. The molecule has 3 rings (SSSR count). The summed E-state index contributed by atoms with van der Waals surface area (Å²) >= 11 is 3.29. The molecule has 1 aliphatic heterocycles. The molecule has 0 radical (unpaired) electrons. The number of amides is 1. The van der Waals surface area contributed by atoms with Gasteiger partial charge in [0.05, 0.1) is 16.6 Å². The lowest BCUT2D eigenvalue weighted by molar-refractivity contribution is 0.0514. The molecule has 0 aromatic carbocycles. The molecule has 0 N–H and O–H groups in total. The van der Waals surface area contributed by atoms with Crippen LogP contribution < -0.4 is 4.74 Å². The van der Waals surface area contributed by atoms with Gasteiger partial charge in [0.15, 0.2) is 0 Å². The monoisotopic (exact) mass is 376 g/mol. The number of aromatic nitrogens is 3. The third kappa shape index (κ3) is 3.85. The summed E-state index contributed by atoms with van der Waals surface area (Å²) in [4.78, 5) is 26.9. The van der Waals surface area contributed by atoms with Crippen LogP contribution in [-0.4, -0.2) is 45.0 Å². The van der Waals surface area contributed by atoms with Crippen molar-refractivity contribution < 1.29 is 9.53 Å². The molecular formula is C16H17BrN4O2. The number of likely N-dealkylation sites (tertiary alicyclic amines) is 1. The Kier molecular flexibility index (Phi) is 4.85. The largest absolute Gasteiger partial charge is 0.458 e. The number of carbonyl (C=O) groups excluding carboxylic acids is 1. The maximum atomic E-state index is 12.7. The van der Waals surface area contributed by atoms with Gasteiger partial charge in [0.2, 0.25) is 0 Å². The lowest BCUT2D eigenvalue weighted by Crippen LogP contribution is -2.44. The van der Waals surface area contributed by atoms with Gasteiger partial charge in [-0.2, -0.15) is 0 Å². The molecule has 0 aliphatic carbocycles. The van der Waals surface area contributed by atoms with Crippen LogP contribution in [0.15, 0.2) is 35.2 Å². The van der Waals surface area contributed by atoms with Crippen LogP contribution in [-0.2, 0) is 0 Å². The molecule has 120 valence electrons. The van der Waals surface area contributed by atoms with Crippen molar-refractivity contribution in [2.24, 2.45) is 0 Å². The van der Waals surface area contributed by atoms with E-state index in [-0.39, 0.29) is 12.0 Å². The van der Waals surface area contributed by atoms with Gasteiger partial charge in [-0.15, -0.1) is 0 Å². The molecule has 1 unspecified atom stereocenters. The fourth-order valence-corrected chi connectivity index (χ4v) is 2.81. The molecule has 1 atom stereocenters. The zero-order valence-electron chi connectivity index (χ0n) is 12.8. The van der Waals surface area contributed by atoms with E-state index in [9.17, 15) is 4.79 Å². The average molecular weight is 377 g/mol. The number of carbonyl (C=O) groups is 1. The van der Waals surface area contributed by atoms with Crippen molar-refractivity contribution in [2.75, 3.05) is 13.1 Å². The highest BCUT2D eigenvalue weighted by Gasteiger charge is 2.27. The van der Waals surface area contributed by atoms with Gasteiger partial charge in [-0.25, -0.2) is 9.97 Å². The summed E-state index contributed by atoms with van der Waals surface area (Å²) in [6.45, 7) is 3.11. The average Bonchev–Trinajstić information content (AvgIpc) is 2.57. The van der Waals surface area contributed by atoms with E-state index in [1.165, 1.54) is 0 Å². The topological polar surface area (TPSA) is 68.2 Å². The number of hydrogen-bond donors (Lipinski definition) is 0. The van der Waals surface area contributed by atoms with Gasteiger partial charge in [-0.1, -0.05) is 0 Å². The summed E-state index contributed by atoms with van der Waals surface area (Å²) in [5, 5.41) is 0. The van der Waals surface area contributed by atoms with Gasteiger partial charge < -0.3 is 9.64 Å². The van der Waals surface area contributed by atoms with Crippen molar-refractivity contribution >= 4 is 21.8 Å². The summed E-state index contributed by atoms with van der Waals surface area (Å²) in [6.07, 6.45) is 6.67. The molecule has 1 fully saturated rings. The molecule has 0 spiro atoms. The van der Waals surface area contributed by atoms with Crippen molar-refractivity contribution in [3.8, 4) is 6.01 Å². The lowest BCUT2D eigenvalue weighted by atomic mass is 10.1. The van der Waals surface area contributed by atoms with Gasteiger partial charge in [-0.3, -0.25) is 9.78 Å². The molecular weight excluding hydrogens is 360 g/mol. The minimum Gasteiger partial charge on any atom is -0.458 e. The first-order chi connectivity index (χ1) is 11.1. The van der Waals surface area contributed by atoms with Crippen molar-refractivity contribution in [3.05, 3.63) is 46.5 Å². The molecule has 0 bridgehead atoms. The summed E-state index contributed by atoms with van der Waals surface area (Å²) in [7, 11) is 0. The third-order valence-corrected chi connectivity index (χ3v) is 4.18. The van der Waals surface area contributed by atoms with E-state index >= 15 is 0 Å². The van der Waals surface area contributed by atoms with E-state index in [1.807, 2.05) is 17.9 Å². The second-order valence-electron chi connectivity index (χ2n) is 5.45. The molecule has 23 heavy (non-hydrogen) atoms. The van der Waals surface area contributed by atoms with Crippen molar-refractivity contribution in [1.82, 2.24) is 19.9 Å². The zero-order chi connectivity index (χ0) is 16.2. The van der Waals surface area contributed by atoms with E-state index in [1.54, 1.807) is 24.7 Å². The first-order valence-corrected chi connectivity index (χ1v) is 8.28. The smallest absolute Gasteiger partial charge is 0.316 e. The van der Waals surface area contributed by atoms with Crippen LogP contribution in [0.4, 0.5) is 0 Å². The maximum Gasteiger partial charge on any atom is 0.316 e. The quantitative estimate of drug-likeness (QED) is 0.823. The summed E-state index contributed by atoms with van der Waals surface area (Å²) in [5.41, 5.74) is 1.39. The second kappa shape index (κ2) is 7.04. The Labute approximate surface area is 143 Å². The number of nitrogens with zero attached hydrogens (tertiary/aromatic N) is 4.